The fraction of sp³-hybridized carbons (Fsp3) is 0.381. The Morgan fingerprint density at radius 3 is 2.28 bits per heavy atom. The van der Waals surface area contributed by atoms with Crippen LogP contribution in [0.1, 0.15) is 35.7 Å². The van der Waals surface area contributed by atoms with E-state index in [1.54, 1.807) is 19.1 Å². The number of amides is 1. The summed E-state index contributed by atoms with van der Waals surface area (Å²) in [5, 5.41) is 2.72. The van der Waals surface area contributed by atoms with E-state index in [2.05, 4.69) is 10.0 Å². The topological polar surface area (TPSA) is 122 Å². The Labute approximate surface area is 188 Å². The monoisotopic (exact) mass is 481 g/mol. The third-order valence-corrected chi connectivity index (χ3v) is 8.61. The van der Waals surface area contributed by atoms with Crippen LogP contribution in [-0.4, -0.2) is 53.8 Å². The van der Waals surface area contributed by atoms with E-state index in [4.69, 9.17) is 4.74 Å². The predicted octanol–water partition coefficient (Wildman–Crippen LogP) is 1.71. The zero-order chi connectivity index (χ0) is 23.4. The zero-order valence-corrected chi connectivity index (χ0v) is 19.6. The lowest BCUT2D eigenvalue weighted by Crippen LogP contribution is -2.28. The molecule has 0 bridgehead atoms. The summed E-state index contributed by atoms with van der Waals surface area (Å²) in [6, 6.07) is 10.5. The van der Waals surface area contributed by atoms with Crippen LogP contribution < -0.4 is 14.8 Å². The van der Waals surface area contributed by atoms with Gasteiger partial charge in [0.05, 0.1) is 12.0 Å². The maximum absolute atomic E-state index is 12.6. The van der Waals surface area contributed by atoms with Crippen LogP contribution in [0.2, 0.25) is 0 Å². The van der Waals surface area contributed by atoms with Crippen LogP contribution in [0.25, 0.3) is 0 Å². The summed E-state index contributed by atoms with van der Waals surface area (Å²) >= 11 is 0. The Morgan fingerprint density at radius 2 is 1.69 bits per heavy atom. The Balaban J connectivity index is 1.70. The summed E-state index contributed by atoms with van der Waals surface area (Å²) < 4.78 is 59.0. The Bertz CT molecular complexity index is 1170. The number of carbonyl (C=O) groups is 1. The highest BCUT2D eigenvalue weighted by atomic mass is 32.2. The second kappa shape index (κ2) is 9.99. The first kappa shape index (κ1) is 24.2. The van der Waals surface area contributed by atoms with Crippen molar-refractivity contribution in [1.82, 2.24) is 14.3 Å². The first-order chi connectivity index (χ1) is 15.2. The van der Waals surface area contributed by atoms with Gasteiger partial charge in [-0.3, -0.25) is 4.79 Å². The molecule has 1 fully saturated rings. The van der Waals surface area contributed by atoms with Gasteiger partial charge in [-0.2, -0.15) is 4.31 Å². The van der Waals surface area contributed by atoms with Crippen molar-refractivity contribution in [2.75, 3.05) is 26.7 Å². The standard InChI is InChI=1S/C21H27N3O6S2/c1-3-23-31(26,27)20-14-17(8-11-19(20)30-2)21(25)22-15-16-6-9-18(10-7-16)32(28,29)24-12-4-5-13-24/h6-11,14,23H,3-5,12-13,15H2,1-2H3,(H,22,25). The van der Waals surface area contributed by atoms with Crippen molar-refractivity contribution >= 4 is 26.0 Å². The molecule has 1 amide bonds. The summed E-state index contributed by atoms with van der Waals surface area (Å²) in [6.45, 7) is 3.08. The lowest BCUT2D eigenvalue weighted by molar-refractivity contribution is 0.0950. The van der Waals surface area contributed by atoms with Gasteiger partial charge in [0.2, 0.25) is 20.0 Å². The summed E-state index contributed by atoms with van der Waals surface area (Å²) in [7, 11) is -5.95. The molecule has 0 radical (unpaired) electrons. The van der Waals surface area contributed by atoms with E-state index < -0.39 is 26.0 Å². The van der Waals surface area contributed by atoms with E-state index >= 15 is 0 Å². The van der Waals surface area contributed by atoms with Gasteiger partial charge in [0.15, 0.2) is 0 Å². The zero-order valence-electron chi connectivity index (χ0n) is 18.0. The molecule has 32 heavy (non-hydrogen) atoms. The third-order valence-electron chi connectivity index (χ3n) is 5.13. The van der Waals surface area contributed by atoms with Crippen molar-refractivity contribution < 1.29 is 26.4 Å². The van der Waals surface area contributed by atoms with E-state index in [0.717, 1.165) is 12.8 Å². The Hall–Kier alpha value is -2.47. The molecule has 1 aliphatic rings. The molecule has 174 valence electrons. The minimum atomic E-state index is -3.82. The number of benzene rings is 2. The quantitative estimate of drug-likeness (QED) is 0.562. The number of ether oxygens (including phenoxy) is 1. The third kappa shape index (κ3) is 5.29. The first-order valence-electron chi connectivity index (χ1n) is 10.2. The molecular weight excluding hydrogens is 454 g/mol. The summed E-state index contributed by atoms with van der Waals surface area (Å²) in [5.74, 6) is -0.327. The molecule has 0 unspecified atom stereocenters. The molecule has 1 saturated heterocycles. The fourth-order valence-corrected chi connectivity index (χ4v) is 6.19. The van der Waals surface area contributed by atoms with E-state index in [1.807, 2.05) is 0 Å². The first-order valence-corrected chi connectivity index (χ1v) is 13.2. The normalized spacial score (nSPS) is 14.9. The van der Waals surface area contributed by atoms with Gasteiger partial charge >= 0.3 is 0 Å². The minimum Gasteiger partial charge on any atom is -0.495 e. The Kier molecular flexibility index (Phi) is 7.55. The molecule has 9 nitrogen and oxygen atoms in total. The molecule has 1 aliphatic heterocycles. The second-order valence-electron chi connectivity index (χ2n) is 7.30. The van der Waals surface area contributed by atoms with Crippen LogP contribution in [0.4, 0.5) is 0 Å². The van der Waals surface area contributed by atoms with Gasteiger partial charge < -0.3 is 10.1 Å². The SMILES string of the molecule is CCNS(=O)(=O)c1cc(C(=O)NCc2ccc(S(=O)(=O)N3CCCC3)cc2)ccc1OC. The molecule has 3 rings (SSSR count). The number of carbonyl (C=O) groups excluding carboxylic acids is 1. The van der Waals surface area contributed by atoms with E-state index in [9.17, 15) is 21.6 Å². The molecule has 11 heteroatoms. The lowest BCUT2D eigenvalue weighted by atomic mass is 10.2. The average Bonchev–Trinajstić information content (AvgIpc) is 3.33. The number of nitrogens with zero attached hydrogens (tertiary/aromatic N) is 1. The van der Waals surface area contributed by atoms with Crippen molar-refractivity contribution in [2.24, 2.45) is 0 Å². The van der Waals surface area contributed by atoms with Gasteiger partial charge in [-0.15, -0.1) is 0 Å². The average molecular weight is 482 g/mol. The van der Waals surface area contributed by atoms with Crippen LogP contribution in [0.5, 0.6) is 5.75 Å². The van der Waals surface area contributed by atoms with Gasteiger partial charge in [-0.1, -0.05) is 19.1 Å². The molecule has 0 aliphatic carbocycles. The van der Waals surface area contributed by atoms with Crippen molar-refractivity contribution in [3.05, 3.63) is 53.6 Å². The van der Waals surface area contributed by atoms with Crippen molar-refractivity contribution in [1.29, 1.82) is 0 Å². The molecule has 0 atom stereocenters. The van der Waals surface area contributed by atoms with Gasteiger partial charge in [0, 0.05) is 31.7 Å². The number of nitrogens with one attached hydrogen (secondary N) is 2. The van der Waals surface area contributed by atoms with E-state index in [1.165, 1.54) is 41.7 Å². The van der Waals surface area contributed by atoms with Gasteiger partial charge in [0.1, 0.15) is 10.6 Å². The maximum atomic E-state index is 12.6. The molecule has 2 aromatic rings. The van der Waals surface area contributed by atoms with Gasteiger partial charge in [-0.05, 0) is 48.7 Å². The van der Waals surface area contributed by atoms with E-state index in [-0.39, 0.29) is 34.2 Å². The number of sulfonamides is 2. The smallest absolute Gasteiger partial charge is 0.251 e. The number of hydrogen-bond acceptors (Lipinski definition) is 6. The number of hydrogen-bond donors (Lipinski definition) is 2. The molecule has 1 heterocycles. The minimum absolute atomic E-state index is 0.119. The highest BCUT2D eigenvalue weighted by Gasteiger charge is 2.27. The largest absolute Gasteiger partial charge is 0.495 e. The van der Waals surface area contributed by atoms with Crippen molar-refractivity contribution in [2.45, 2.75) is 36.1 Å². The summed E-state index contributed by atoms with van der Waals surface area (Å²) in [6.07, 6.45) is 1.73. The van der Waals surface area contributed by atoms with Gasteiger partial charge in [-0.25, -0.2) is 21.6 Å². The molecule has 2 N–H and O–H groups in total. The lowest BCUT2D eigenvalue weighted by Gasteiger charge is -2.15. The van der Waals surface area contributed by atoms with Gasteiger partial charge in [0.25, 0.3) is 5.91 Å². The number of methoxy groups -OCH3 is 1. The highest BCUT2D eigenvalue weighted by Crippen LogP contribution is 2.25. The predicted molar refractivity (Wildman–Crippen MR) is 119 cm³/mol. The Morgan fingerprint density at radius 1 is 1.03 bits per heavy atom. The van der Waals surface area contributed by atoms with Crippen molar-refractivity contribution in [3.63, 3.8) is 0 Å². The van der Waals surface area contributed by atoms with Crippen LogP contribution >= 0.6 is 0 Å². The van der Waals surface area contributed by atoms with Crippen LogP contribution in [0, 0.1) is 0 Å². The van der Waals surface area contributed by atoms with Crippen LogP contribution in [0.15, 0.2) is 52.3 Å². The van der Waals surface area contributed by atoms with E-state index in [0.29, 0.717) is 18.7 Å². The molecule has 0 spiro atoms. The summed E-state index contributed by atoms with van der Waals surface area (Å²) in [5.41, 5.74) is 0.878. The molecule has 0 saturated carbocycles. The highest BCUT2D eigenvalue weighted by molar-refractivity contribution is 7.89. The molecular formula is C21H27N3O6S2. The van der Waals surface area contributed by atoms with Crippen LogP contribution in [0.3, 0.4) is 0 Å². The maximum Gasteiger partial charge on any atom is 0.251 e. The molecule has 0 aromatic heterocycles. The van der Waals surface area contributed by atoms with Crippen LogP contribution in [-0.2, 0) is 26.6 Å². The summed E-state index contributed by atoms with van der Waals surface area (Å²) in [4.78, 5) is 12.7. The fourth-order valence-electron chi connectivity index (χ4n) is 3.44. The number of rotatable bonds is 9. The molecule has 2 aromatic carbocycles. The second-order valence-corrected chi connectivity index (χ2v) is 11.0. The van der Waals surface area contributed by atoms with Crippen molar-refractivity contribution in [3.8, 4) is 5.75 Å².